The third kappa shape index (κ3) is 5.41. The van der Waals surface area contributed by atoms with E-state index in [2.05, 4.69) is 10.3 Å². The summed E-state index contributed by atoms with van der Waals surface area (Å²) in [6.07, 6.45) is 0.131. The molecule has 4 rings (SSSR count). The van der Waals surface area contributed by atoms with Crippen molar-refractivity contribution in [2.24, 2.45) is 4.99 Å². The maximum absolute atomic E-state index is 13.1. The molecule has 2 heterocycles. The number of aliphatic imine (C=N–C) groups is 1. The van der Waals surface area contributed by atoms with E-state index in [0.29, 0.717) is 34.5 Å². The van der Waals surface area contributed by atoms with E-state index in [9.17, 15) is 9.59 Å². The minimum absolute atomic E-state index is 0.127. The van der Waals surface area contributed by atoms with Crippen LogP contribution in [0.5, 0.6) is 11.5 Å². The zero-order valence-electron chi connectivity index (χ0n) is 20.7. The largest absolute Gasteiger partial charge is 0.497 e. The SMILES string of the molecule is CCOC(=O)C1=C(C)N=C2SC=C(CC(=O)NCc3ccccc3)N2C1c1cc(OC)cc(OC)c1. The normalized spacial score (nSPS) is 16.7. The molecule has 0 fully saturated rings. The fourth-order valence-electron chi connectivity index (χ4n) is 4.17. The lowest BCUT2D eigenvalue weighted by Crippen LogP contribution is -2.38. The highest BCUT2D eigenvalue weighted by molar-refractivity contribution is 8.16. The van der Waals surface area contributed by atoms with E-state index in [-0.39, 0.29) is 18.9 Å². The van der Waals surface area contributed by atoms with Crippen molar-refractivity contribution in [2.45, 2.75) is 32.9 Å². The molecule has 188 valence electrons. The summed E-state index contributed by atoms with van der Waals surface area (Å²) >= 11 is 1.43. The molecule has 1 amide bonds. The number of nitrogens with one attached hydrogen (secondary N) is 1. The van der Waals surface area contributed by atoms with E-state index in [1.807, 2.05) is 52.8 Å². The van der Waals surface area contributed by atoms with Gasteiger partial charge in [-0.3, -0.25) is 4.79 Å². The molecule has 1 unspecified atom stereocenters. The Morgan fingerprint density at radius 1 is 1.08 bits per heavy atom. The summed E-state index contributed by atoms with van der Waals surface area (Å²) in [6, 6.07) is 14.7. The van der Waals surface area contributed by atoms with Gasteiger partial charge >= 0.3 is 5.97 Å². The summed E-state index contributed by atoms with van der Waals surface area (Å²) in [5.74, 6) is 0.603. The van der Waals surface area contributed by atoms with E-state index >= 15 is 0 Å². The van der Waals surface area contributed by atoms with Crippen LogP contribution in [-0.4, -0.2) is 42.8 Å². The van der Waals surface area contributed by atoms with Gasteiger partial charge < -0.3 is 24.4 Å². The molecule has 1 N–H and O–H groups in total. The van der Waals surface area contributed by atoms with Crippen LogP contribution >= 0.6 is 11.8 Å². The third-order valence-electron chi connectivity index (χ3n) is 5.86. The van der Waals surface area contributed by atoms with E-state index in [4.69, 9.17) is 14.2 Å². The van der Waals surface area contributed by atoms with Crippen molar-refractivity contribution in [1.82, 2.24) is 10.2 Å². The van der Waals surface area contributed by atoms with Gasteiger partial charge in [-0.1, -0.05) is 42.1 Å². The van der Waals surface area contributed by atoms with Crippen molar-refractivity contribution in [1.29, 1.82) is 0 Å². The number of allylic oxidation sites excluding steroid dienone is 1. The number of methoxy groups -OCH3 is 2. The van der Waals surface area contributed by atoms with Crippen LogP contribution in [0.2, 0.25) is 0 Å². The second-order valence-corrected chi connectivity index (χ2v) is 9.04. The van der Waals surface area contributed by atoms with Crippen LogP contribution in [0, 0.1) is 0 Å². The van der Waals surface area contributed by atoms with E-state index in [0.717, 1.165) is 16.8 Å². The van der Waals surface area contributed by atoms with Crippen LogP contribution in [0.3, 0.4) is 0 Å². The van der Waals surface area contributed by atoms with Gasteiger partial charge in [0.05, 0.1) is 44.6 Å². The number of nitrogens with zero attached hydrogens (tertiary/aromatic N) is 2. The minimum atomic E-state index is -0.566. The first-order chi connectivity index (χ1) is 17.4. The molecule has 0 bridgehead atoms. The van der Waals surface area contributed by atoms with E-state index in [1.54, 1.807) is 34.1 Å². The lowest BCUT2D eigenvalue weighted by molar-refractivity contribution is -0.139. The van der Waals surface area contributed by atoms with Gasteiger partial charge in [0.1, 0.15) is 11.5 Å². The molecule has 0 saturated heterocycles. The Bertz CT molecular complexity index is 1220. The predicted molar refractivity (Wildman–Crippen MR) is 139 cm³/mol. The Hall–Kier alpha value is -3.72. The molecule has 8 nitrogen and oxygen atoms in total. The summed E-state index contributed by atoms with van der Waals surface area (Å²) in [7, 11) is 3.15. The summed E-state index contributed by atoms with van der Waals surface area (Å²) < 4.78 is 16.4. The lowest BCUT2D eigenvalue weighted by atomic mass is 9.93. The molecular weight excluding hydrogens is 478 g/mol. The second-order valence-electron chi connectivity index (χ2n) is 8.20. The van der Waals surface area contributed by atoms with Gasteiger partial charge in [-0.2, -0.15) is 0 Å². The fourth-order valence-corrected chi connectivity index (χ4v) is 5.13. The quantitative estimate of drug-likeness (QED) is 0.498. The zero-order chi connectivity index (χ0) is 25.7. The average molecular weight is 508 g/mol. The molecule has 0 aromatic heterocycles. The summed E-state index contributed by atoms with van der Waals surface area (Å²) in [5, 5.41) is 5.58. The van der Waals surface area contributed by atoms with Crippen LogP contribution in [0.15, 0.2) is 75.9 Å². The molecule has 2 aliphatic rings. The first-order valence-electron chi connectivity index (χ1n) is 11.6. The summed E-state index contributed by atoms with van der Waals surface area (Å²) in [5.41, 5.74) is 3.51. The summed E-state index contributed by atoms with van der Waals surface area (Å²) in [4.78, 5) is 32.6. The number of fused-ring (bicyclic) bond motifs is 1. The van der Waals surface area contributed by atoms with Crippen LogP contribution in [0.1, 0.15) is 37.4 Å². The molecule has 0 radical (unpaired) electrons. The van der Waals surface area contributed by atoms with Gasteiger partial charge in [-0.25, -0.2) is 9.79 Å². The van der Waals surface area contributed by atoms with Gasteiger partial charge in [-0.15, -0.1) is 0 Å². The molecule has 2 aliphatic heterocycles. The number of amides is 1. The van der Waals surface area contributed by atoms with Crippen molar-refractivity contribution < 1.29 is 23.8 Å². The number of hydrogen-bond acceptors (Lipinski definition) is 8. The van der Waals surface area contributed by atoms with Crippen LogP contribution in [0.4, 0.5) is 0 Å². The molecule has 0 saturated carbocycles. The monoisotopic (exact) mass is 507 g/mol. The van der Waals surface area contributed by atoms with Crippen LogP contribution in [0.25, 0.3) is 0 Å². The first kappa shape index (κ1) is 25.4. The van der Waals surface area contributed by atoms with Crippen molar-refractivity contribution in [3.63, 3.8) is 0 Å². The van der Waals surface area contributed by atoms with E-state index in [1.165, 1.54) is 11.8 Å². The topological polar surface area (TPSA) is 89.5 Å². The standard InChI is InChI=1S/C27H29N3O5S/c1-5-35-26(32)24-17(2)29-27-30(25(24)19-11-21(33-3)14-22(12-19)34-4)20(16-36-27)13-23(31)28-15-18-9-7-6-8-10-18/h6-12,14,16,25H,5,13,15H2,1-4H3,(H,28,31). The third-order valence-corrected chi connectivity index (χ3v) is 6.75. The highest BCUT2D eigenvalue weighted by atomic mass is 32.2. The van der Waals surface area contributed by atoms with Crippen molar-refractivity contribution in [3.8, 4) is 11.5 Å². The van der Waals surface area contributed by atoms with Crippen molar-refractivity contribution >= 4 is 28.8 Å². The number of hydrogen-bond donors (Lipinski definition) is 1. The van der Waals surface area contributed by atoms with Gasteiger partial charge in [0.25, 0.3) is 0 Å². The molecular formula is C27H29N3O5S. The number of esters is 1. The number of rotatable bonds is 9. The number of carbonyl (C=O) groups is 2. The molecule has 36 heavy (non-hydrogen) atoms. The van der Waals surface area contributed by atoms with Crippen molar-refractivity contribution in [3.05, 3.63) is 82.0 Å². The highest BCUT2D eigenvalue weighted by Crippen LogP contribution is 2.46. The number of thioether (sulfide) groups is 1. The molecule has 1 atom stereocenters. The number of amidine groups is 1. The molecule has 0 aliphatic carbocycles. The van der Waals surface area contributed by atoms with Gasteiger partial charge in [-0.05, 0) is 42.5 Å². The number of carbonyl (C=O) groups excluding carboxylic acids is 2. The molecule has 9 heteroatoms. The maximum atomic E-state index is 13.1. The highest BCUT2D eigenvalue weighted by Gasteiger charge is 2.41. The average Bonchev–Trinajstić information content (AvgIpc) is 3.28. The van der Waals surface area contributed by atoms with Gasteiger partial charge in [0.15, 0.2) is 5.17 Å². The van der Waals surface area contributed by atoms with Gasteiger partial charge in [0.2, 0.25) is 5.91 Å². The fraction of sp³-hybridized carbons (Fsp3) is 0.296. The van der Waals surface area contributed by atoms with Crippen LogP contribution < -0.4 is 14.8 Å². The number of ether oxygens (including phenoxy) is 3. The van der Waals surface area contributed by atoms with E-state index < -0.39 is 12.0 Å². The minimum Gasteiger partial charge on any atom is -0.497 e. The summed E-state index contributed by atoms with van der Waals surface area (Å²) in [6.45, 7) is 4.24. The van der Waals surface area contributed by atoms with Crippen LogP contribution in [-0.2, 0) is 20.9 Å². The van der Waals surface area contributed by atoms with Gasteiger partial charge in [0, 0.05) is 18.3 Å². The molecule has 2 aromatic carbocycles. The Kier molecular flexibility index (Phi) is 8.00. The Morgan fingerprint density at radius 3 is 2.42 bits per heavy atom. The predicted octanol–water partition coefficient (Wildman–Crippen LogP) is 4.55. The molecule has 2 aromatic rings. The lowest BCUT2D eigenvalue weighted by Gasteiger charge is -2.36. The Morgan fingerprint density at radius 2 is 1.78 bits per heavy atom. The molecule has 0 spiro atoms. The Balaban J connectivity index is 1.67. The zero-order valence-corrected chi connectivity index (χ0v) is 21.6. The first-order valence-corrected chi connectivity index (χ1v) is 12.5. The smallest absolute Gasteiger partial charge is 0.338 e. The maximum Gasteiger partial charge on any atom is 0.338 e. The number of benzene rings is 2. The second kappa shape index (κ2) is 11.3. The Labute approximate surface area is 215 Å². The van der Waals surface area contributed by atoms with Crippen molar-refractivity contribution in [2.75, 3.05) is 20.8 Å².